The Bertz CT molecular complexity index is 235. The molecule has 0 aromatic heterocycles. The monoisotopic (exact) mass is 215 g/mol. The van der Waals surface area contributed by atoms with Crippen molar-refractivity contribution in [1.82, 2.24) is 4.90 Å². The molecule has 1 aliphatic carbocycles. The van der Waals surface area contributed by atoms with Gasteiger partial charge in [0, 0.05) is 24.7 Å². The molecule has 0 aromatic rings. The smallest absolute Gasteiger partial charge is 0.0660 e. The highest BCUT2D eigenvalue weighted by atomic mass is 35.5. The summed E-state index contributed by atoms with van der Waals surface area (Å²) in [5.41, 5.74) is -0.340. The van der Waals surface area contributed by atoms with Crippen LogP contribution in [0.1, 0.15) is 32.1 Å². The van der Waals surface area contributed by atoms with Crippen LogP contribution in [0.4, 0.5) is 0 Å². The normalized spacial score (nSPS) is 26.9. The quantitative estimate of drug-likeness (QED) is 0.780. The first-order valence-electron chi connectivity index (χ1n) is 5.47. The number of nitrogens with zero attached hydrogens (tertiary/aromatic N) is 1. The predicted molar refractivity (Wildman–Crippen MR) is 58.4 cm³/mol. The molecule has 1 fully saturated rings. The zero-order valence-corrected chi connectivity index (χ0v) is 9.26. The highest BCUT2D eigenvalue weighted by Crippen LogP contribution is 2.34. The van der Waals surface area contributed by atoms with Gasteiger partial charge in [0.25, 0.3) is 0 Å². The first kappa shape index (κ1) is 10.5. The van der Waals surface area contributed by atoms with E-state index in [0.29, 0.717) is 0 Å². The van der Waals surface area contributed by atoms with Crippen LogP contribution in [0.15, 0.2) is 11.1 Å². The van der Waals surface area contributed by atoms with Crippen molar-refractivity contribution in [2.24, 2.45) is 0 Å². The fraction of sp³-hybridized carbons (Fsp3) is 0.818. The third-order valence-electron chi connectivity index (χ3n) is 3.36. The Morgan fingerprint density at radius 3 is 2.86 bits per heavy atom. The van der Waals surface area contributed by atoms with E-state index in [-0.39, 0.29) is 5.60 Å². The second kappa shape index (κ2) is 4.21. The van der Waals surface area contributed by atoms with Crippen LogP contribution < -0.4 is 0 Å². The van der Waals surface area contributed by atoms with Crippen LogP contribution in [0.25, 0.3) is 0 Å². The predicted octanol–water partition coefficient (Wildman–Crippen LogP) is 2.12. The van der Waals surface area contributed by atoms with E-state index in [1.165, 1.54) is 6.42 Å². The zero-order valence-electron chi connectivity index (χ0n) is 8.51. The van der Waals surface area contributed by atoms with E-state index in [2.05, 4.69) is 11.0 Å². The Morgan fingerprint density at radius 2 is 2.29 bits per heavy atom. The molecule has 0 saturated heterocycles. The van der Waals surface area contributed by atoms with E-state index >= 15 is 0 Å². The summed E-state index contributed by atoms with van der Waals surface area (Å²) in [6, 6.07) is 0. The summed E-state index contributed by atoms with van der Waals surface area (Å²) >= 11 is 5.97. The van der Waals surface area contributed by atoms with Crippen molar-refractivity contribution in [2.45, 2.75) is 37.7 Å². The average Bonchev–Trinajstić information content (AvgIpc) is 2.12. The van der Waals surface area contributed by atoms with Gasteiger partial charge in [-0.2, -0.15) is 0 Å². The standard InChI is InChI=1S/C11H18ClNO/c12-10-3-1-7-13(9-10)8-6-11(14)4-2-5-11/h3,14H,1-2,4-9H2. The summed E-state index contributed by atoms with van der Waals surface area (Å²) in [5, 5.41) is 10.9. The Kier molecular flexibility index (Phi) is 3.15. The maximum atomic E-state index is 9.93. The molecule has 0 bridgehead atoms. The first-order valence-corrected chi connectivity index (χ1v) is 5.85. The van der Waals surface area contributed by atoms with Crippen LogP contribution in [0.5, 0.6) is 0 Å². The van der Waals surface area contributed by atoms with E-state index in [9.17, 15) is 5.11 Å². The van der Waals surface area contributed by atoms with Gasteiger partial charge in [0.2, 0.25) is 0 Å². The van der Waals surface area contributed by atoms with Crippen molar-refractivity contribution >= 4 is 11.6 Å². The van der Waals surface area contributed by atoms with Crippen LogP contribution in [0.2, 0.25) is 0 Å². The van der Waals surface area contributed by atoms with Crippen LogP contribution in [-0.4, -0.2) is 35.2 Å². The summed E-state index contributed by atoms with van der Waals surface area (Å²) in [6.07, 6.45) is 7.23. The number of halogens is 1. The maximum Gasteiger partial charge on any atom is 0.0660 e. The van der Waals surface area contributed by atoms with Crippen molar-refractivity contribution in [2.75, 3.05) is 19.6 Å². The highest BCUT2D eigenvalue weighted by Gasteiger charge is 2.34. The van der Waals surface area contributed by atoms with E-state index in [1.54, 1.807) is 0 Å². The second-order valence-electron chi connectivity index (χ2n) is 4.54. The minimum absolute atomic E-state index is 0.340. The van der Waals surface area contributed by atoms with Gasteiger partial charge >= 0.3 is 0 Å². The van der Waals surface area contributed by atoms with Gasteiger partial charge in [-0.15, -0.1) is 0 Å². The average molecular weight is 216 g/mol. The van der Waals surface area contributed by atoms with Gasteiger partial charge in [-0.3, -0.25) is 4.90 Å². The Morgan fingerprint density at radius 1 is 1.50 bits per heavy atom. The van der Waals surface area contributed by atoms with Crippen molar-refractivity contribution in [3.8, 4) is 0 Å². The third-order valence-corrected chi connectivity index (χ3v) is 3.64. The van der Waals surface area contributed by atoms with Gasteiger partial charge in [-0.25, -0.2) is 0 Å². The zero-order chi connectivity index (χ0) is 10.0. The lowest BCUT2D eigenvalue weighted by atomic mass is 9.78. The molecule has 2 rings (SSSR count). The molecule has 0 aromatic carbocycles. The molecule has 2 nitrogen and oxygen atoms in total. The Labute approximate surface area is 90.5 Å². The summed E-state index contributed by atoms with van der Waals surface area (Å²) in [4.78, 5) is 2.33. The summed E-state index contributed by atoms with van der Waals surface area (Å²) in [6.45, 7) is 2.95. The molecule has 2 aliphatic rings. The van der Waals surface area contributed by atoms with Crippen molar-refractivity contribution in [3.05, 3.63) is 11.1 Å². The third kappa shape index (κ3) is 2.50. The topological polar surface area (TPSA) is 23.5 Å². The minimum Gasteiger partial charge on any atom is -0.390 e. The maximum absolute atomic E-state index is 9.93. The fourth-order valence-corrected chi connectivity index (χ4v) is 2.43. The van der Waals surface area contributed by atoms with Gasteiger partial charge in [-0.05, 0) is 32.1 Å². The lowest BCUT2D eigenvalue weighted by Crippen LogP contribution is -2.41. The van der Waals surface area contributed by atoms with Crippen LogP contribution in [-0.2, 0) is 0 Å². The summed E-state index contributed by atoms with van der Waals surface area (Å²) < 4.78 is 0. The number of hydrogen-bond donors (Lipinski definition) is 1. The molecular formula is C11H18ClNO. The molecule has 3 heteroatoms. The minimum atomic E-state index is -0.340. The van der Waals surface area contributed by atoms with E-state index in [0.717, 1.165) is 50.3 Å². The fourth-order valence-electron chi connectivity index (χ4n) is 2.15. The Hall–Kier alpha value is -0.0500. The van der Waals surface area contributed by atoms with E-state index in [1.807, 2.05) is 0 Å². The van der Waals surface area contributed by atoms with Gasteiger partial charge in [0.15, 0.2) is 0 Å². The first-order chi connectivity index (χ1) is 6.68. The lowest BCUT2D eigenvalue weighted by molar-refractivity contribution is -0.0459. The van der Waals surface area contributed by atoms with Gasteiger partial charge < -0.3 is 5.11 Å². The molecule has 0 radical (unpaired) electrons. The van der Waals surface area contributed by atoms with E-state index < -0.39 is 0 Å². The molecule has 1 N–H and O–H groups in total. The molecule has 1 aliphatic heterocycles. The van der Waals surface area contributed by atoms with Gasteiger partial charge in [0.1, 0.15) is 0 Å². The number of aliphatic hydroxyl groups is 1. The number of hydrogen-bond acceptors (Lipinski definition) is 2. The molecule has 0 amide bonds. The second-order valence-corrected chi connectivity index (χ2v) is 5.03. The van der Waals surface area contributed by atoms with Crippen LogP contribution >= 0.6 is 11.6 Å². The molecule has 0 unspecified atom stereocenters. The van der Waals surface area contributed by atoms with Gasteiger partial charge in [0.05, 0.1) is 5.60 Å². The molecule has 1 saturated carbocycles. The van der Waals surface area contributed by atoms with E-state index in [4.69, 9.17) is 11.6 Å². The van der Waals surface area contributed by atoms with Crippen molar-refractivity contribution in [3.63, 3.8) is 0 Å². The summed E-state index contributed by atoms with van der Waals surface area (Å²) in [5.74, 6) is 0. The van der Waals surface area contributed by atoms with Crippen LogP contribution in [0, 0.1) is 0 Å². The molecule has 0 spiro atoms. The largest absolute Gasteiger partial charge is 0.390 e. The van der Waals surface area contributed by atoms with Gasteiger partial charge in [-0.1, -0.05) is 17.7 Å². The Balaban J connectivity index is 1.73. The molecule has 80 valence electrons. The summed E-state index contributed by atoms with van der Waals surface area (Å²) in [7, 11) is 0. The van der Waals surface area contributed by atoms with Crippen LogP contribution in [0.3, 0.4) is 0 Å². The SMILES string of the molecule is OC1(CCN2CCC=C(Cl)C2)CCC1. The molecule has 0 atom stereocenters. The van der Waals surface area contributed by atoms with Crippen molar-refractivity contribution in [1.29, 1.82) is 0 Å². The molecule has 14 heavy (non-hydrogen) atoms. The number of rotatable bonds is 3. The highest BCUT2D eigenvalue weighted by molar-refractivity contribution is 6.29. The lowest BCUT2D eigenvalue weighted by Gasteiger charge is -2.38. The van der Waals surface area contributed by atoms with Crippen molar-refractivity contribution < 1.29 is 5.11 Å². The molecular weight excluding hydrogens is 198 g/mol. The molecule has 1 heterocycles.